The minimum Gasteiger partial charge on any atom is -0.461 e. The number of hydrogen-bond acceptors (Lipinski definition) is 6. The summed E-state index contributed by atoms with van der Waals surface area (Å²) in [4.78, 5) is 17.8. The highest BCUT2D eigenvalue weighted by Gasteiger charge is 2.22. The number of furan rings is 4. The molecular formula is C40H30N4O4. The molecule has 0 atom stereocenters. The van der Waals surface area contributed by atoms with Crippen molar-refractivity contribution in [1.82, 2.24) is 19.9 Å². The van der Waals surface area contributed by atoms with Gasteiger partial charge in [-0.05, 0) is 125 Å². The second-order valence-corrected chi connectivity index (χ2v) is 12.1. The van der Waals surface area contributed by atoms with Crippen molar-refractivity contribution in [3.63, 3.8) is 0 Å². The number of fused-ring (bicyclic) bond motifs is 8. The van der Waals surface area contributed by atoms with E-state index < -0.39 is 0 Å². The van der Waals surface area contributed by atoms with Gasteiger partial charge in [0.05, 0.1) is 67.1 Å². The number of aryl methyl sites for hydroxylation is 4. The van der Waals surface area contributed by atoms with Gasteiger partial charge in [0.25, 0.3) is 0 Å². The Morgan fingerprint density at radius 2 is 0.604 bits per heavy atom. The summed E-state index contributed by atoms with van der Waals surface area (Å²) in [5, 5.41) is 0. The van der Waals surface area contributed by atoms with Crippen LogP contribution in [0.15, 0.2) is 90.5 Å². The predicted molar refractivity (Wildman–Crippen MR) is 189 cm³/mol. The van der Waals surface area contributed by atoms with Crippen LogP contribution in [0.1, 0.15) is 45.8 Å². The van der Waals surface area contributed by atoms with E-state index in [0.29, 0.717) is 23.0 Å². The van der Waals surface area contributed by atoms with Gasteiger partial charge < -0.3 is 27.6 Å². The van der Waals surface area contributed by atoms with Crippen LogP contribution in [0.25, 0.3) is 91.7 Å². The van der Waals surface area contributed by atoms with Crippen molar-refractivity contribution in [2.75, 3.05) is 0 Å². The highest BCUT2D eigenvalue weighted by atomic mass is 16.3. The fourth-order valence-corrected chi connectivity index (χ4v) is 6.52. The molecule has 234 valence electrons. The average molecular weight is 631 g/mol. The van der Waals surface area contributed by atoms with E-state index in [1.54, 1.807) is 0 Å². The molecule has 8 heteroatoms. The molecule has 9 rings (SSSR count). The molecule has 2 N–H and O–H groups in total. The highest BCUT2D eigenvalue weighted by Crippen LogP contribution is 2.39. The van der Waals surface area contributed by atoms with E-state index in [0.717, 1.165) is 90.1 Å². The number of aromatic nitrogens is 4. The average Bonchev–Trinajstić information content (AvgIpc) is 3.89. The third kappa shape index (κ3) is 4.60. The monoisotopic (exact) mass is 630 g/mol. The smallest absolute Gasteiger partial charge is 0.138 e. The van der Waals surface area contributed by atoms with Gasteiger partial charge in [0.2, 0.25) is 0 Å². The van der Waals surface area contributed by atoms with E-state index in [2.05, 4.69) is 34.2 Å². The minimum absolute atomic E-state index is 0.710. The topological polar surface area (TPSA) is 110 Å². The summed E-state index contributed by atoms with van der Waals surface area (Å²) < 4.78 is 24.9. The maximum atomic E-state index is 6.22. The van der Waals surface area contributed by atoms with Crippen LogP contribution in [0.3, 0.4) is 0 Å². The fraction of sp³-hybridized carbons (Fsp3) is 0.100. The molecule has 7 aromatic rings. The summed E-state index contributed by atoms with van der Waals surface area (Å²) in [6.45, 7) is 7.76. The Morgan fingerprint density at radius 1 is 0.354 bits per heavy atom. The molecule has 8 nitrogen and oxygen atoms in total. The van der Waals surface area contributed by atoms with Crippen LogP contribution in [0.2, 0.25) is 0 Å². The van der Waals surface area contributed by atoms with E-state index in [-0.39, 0.29) is 0 Å². The molecule has 0 fully saturated rings. The number of rotatable bonds is 4. The maximum absolute atomic E-state index is 6.22. The van der Waals surface area contributed by atoms with Gasteiger partial charge in [0, 0.05) is 0 Å². The van der Waals surface area contributed by atoms with Crippen LogP contribution in [0, 0.1) is 27.7 Å². The summed E-state index contributed by atoms with van der Waals surface area (Å²) in [6, 6.07) is 24.0. The molecule has 0 spiro atoms. The Bertz CT molecular complexity index is 2280. The first kappa shape index (κ1) is 28.0. The van der Waals surface area contributed by atoms with Gasteiger partial charge in [0.1, 0.15) is 46.1 Å². The maximum Gasteiger partial charge on any atom is 0.138 e. The van der Waals surface area contributed by atoms with E-state index in [4.69, 9.17) is 27.6 Å². The molecule has 7 aromatic heterocycles. The van der Waals surface area contributed by atoms with Crippen LogP contribution in [-0.4, -0.2) is 19.9 Å². The molecule has 2 aliphatic heterocycles. The highest BCUT2D eigenvalue weighted by molar-refractivity contribution is 5.98. The number of hydrogen-bond donors (Lipinski definition) is 2. The number of H-pyrrole nitrogens is 2. The van der Waals surface area contributed by atoms with Crippen molar-refractivity contribution in [2.45, 2.75) is 27.7 Å². The lowest BCUT2D eigenvalue weighted by Crippen LogP contribution is -1.88. The molecule has 2 aliphatic rings. The minimum atomic E-state index is 0.710. The van der Waals surface area contributed by atoms with E-state index in [1.165, 1.54) is 0 Å². The largest absolute Gasteiger partial charge is 0.461 e. The summed E-state index contributed by atoms with van der Waals surface area (Å²) in [5.74, 6) is 6.08. The lowest BCUT2D eigenvalue weighted by molar-refractivity contribution is 0.548. The third-order valence-electron chi connectivity index (χ3n) is 8.70. The Labute approximate surface area is 275 Å². The molecule has 0 aliphatic carbocycles. The van der Waals surface area contributed by atoms with Crippen LogP contribution in [-0.2, 0) is 0 Å². The van der Waals surface area contributed by atoms with Crippen molar-refractivity contribution in [2.24, 2.45) is 0 Å². The van der Waals surface area contributed by atoms with Gasteiger partial charge in [-0.2, -0.15) is 0 Å². The number of nitrogens with zero attached hydrogens (tertiary/aromatic N) is 2. The van der Waals surface area contributed by atoms with E-state index >= 15 is 0 Å². The van der Waals surface area contributed by atoms with Crippen molar-refractivity contribution in [1.29, 1.82) is 0 Å². The molecule has 0 unspecified atom stereocenters. The Hall–Kier alpha value is -6.28. The van der Waals surface area contributed by atoms with Crippen molar-refractivity contribution >= 4 is 46.4 Å². The molecule has 48 heavy (non-hydrogen) atoms. The SMILES string of the molecule is Cc1ccc(-c2c3nc(c(-c4ccc(C)o4)c4ccc([nH]4)c(-c4ccc(C)o4)c4nc(c(-c5ccc(C)o5)c5ccc2[nH]5)C=C4)C=C3)o1. The zero-order chi connectivity index (χ0) is 32.5. The van der Waals surface area contributed by atoms with Gasteiger partial charge in [-0.1, -0.05) is 0 Å². The molecule has 0 amide bonds. The lowest BCUT2D eigenvalue weighted by Gasteiger charge is -2.03. The second-order valence-electron chi connectivity index (χ2n) is 12.1. The van der Waals surface area contributed by atoms with Crippen LogP contribution >= 0.6 is 0 Å². The van der Waals surface area contributed by atoms with E-state index in [9.17, 15) is 0 Å². The van der Waals surface area contributed by atoms with Crippen LogP contribution in [0.5, 0.6) is 0 Å². The molecule has 0 saturated heterocycles. The van der Waals surface area contributed by atoms with Crippen LogP contribution in [0.4, 0.5) is 0 Å². The van der Waals surface area contributed by atoms with Gasteiger partial charge >= 0.3 is 0 Å². The lowest BCUT2D eigenvalue weighted by atomic mass is 10.1. The molecule has 0 saturated carbocycles. The van der Waals surface area contributed by atoms with E-state index in [1.807, 2.05) is 101 Å². The summed E-state index contributed by atoms with van der Waals surface area (Å²) >= 11 is 0. The zero-order valence-electron chi connectivity index (χ0n) is 26.8. The number of nitrogens with one attached hydrogen (secondary N) is 2. The van der Waals surface area contributed by atoms with Gasteiger partial charge in [0.15, 0.2) is 0 Å². The van der Waals surface area contributed by atoms with Crippen molar-refractivity contribution in [3.8, 4) is 45.3 Å². The predicted octanol–water partition coefficient (Wildman–Crippen LogP) is 10.9. The summed E-state index contributed by atoms with van der Waals surface area (Å²) in [5.41, 5.74) is 9.77. The number of aromatic amines is 2. The molecule has 9 heterocycles. The Morgan fingerprint density at radius 3 is 0.812 bits per heavy atom. The zero-order valence-corrected chi connectivity index (χ0v) is 26.8. The van der Waals surface area contributed by atoms with Crippen molar-refractivity contribution < 1.29 is 17.7 Å². The molecule has 0 aromatic carbocycles. The second kappa shape index (κ2) is 10.6. The van der Waals surface area contributed by atoms with Gasteiger partial charge in [-0.3, -0.25) is 0 Å². The van der Waals surface area contributed by atoms with Crippen LogP contribution < -0.4 is 0 Å². The first-order valence-corrected chi connectivity index (χ1v) is 15.8. The van der Waals surface area contributed by atoms with Gasteiger partial charge in [-0.15, -0.1) is 0 Å². The third-order valence-corrected chi connectivity index (χ3v) is 8.70. The first-order chi connectivity index (χ1) is 23.4. The standard InChI is InChI=1S/C40H30N4O4/c1-21-5-17-33(45-21)37-25-9-11-27(41-25)38(34-18-6-22(2)46-34)29-13-15-31(43-29)40(36-20-8-24(4)48-36)32-16-14-30(44-32)39(28-12-10-26(37)42-28)35-19-7-23(3)47-35/h5-20,41,44H,1-4H3. The normalized spacial score (nSPS) is 12.4. The first-order valence-electron chi connectivity index (χ1n) is 15.8. The Kier molecular flexibility index (Phi) is 6.20. The Balaban J connectivity index is 1.48. The quantitative estimate of drug-likeness (QED) is 0.200. The summed E-state index contributed by atoms with van der Waals surface area (Å²) in [6.07, 6.45) is 8.09. The summed E-state index contributed by atoms with van der Waals surface area (Å²) in [7, 11) is 0. The van der Waals surface area contributed by atoms with Crippen molar-refractivity contribution in [3.05, 3.63) is 119 Å². The molecule has 0 radical (unpaired) electrons. The van der Waals surface area contributed by atoms with Gasteiger partial charge in [-0.25, -0.2) is 9.97 Å². The fourth-order valence-electron chi connectivity index (χ4n) is 6.52. The molecular weight excluding hydrogens is 600 g/mol. The molecule has 8 bridgehead atoms.